The molecule has 3 nitrogen and oxygen atoms in total. The molecule has 0 aliphatic rings. The van der Waals surface area contributed by atoms with Gasteiger partial charge in [0.05, 0.1) is 18.6 Å². The van der Waals surface area contributed by atoms with Crippen LogP contribution in [0.2, 0.25) is 0 Å². The Balaban J connectivity index is 2.38. The molecule has 0 spiro atoms. The number of carbonyl (C=O) groups is 1. The Morgan fingerprint density at radius 3 is 2.39 bits per heavy atom. The Kier molecular flexibility index (Phi) is 5.39. The van der Waals surface area contributed by atoms with E-state index in [-0.39, 0.29) is 18.6 Å². The molecule has 0 heterocycles. The summed E-state index contributed by atoms with van der Waals surface area (Å²) >= 11 is 0. The van der Waals surface area contributed by atoms with Crippen molar-refractivity contribution >= 4 is 5.97 Å². The smallest absolute Gasteiger partial charge is 0.307 e. The molecule has 0 saturated heterocycles. The highest BCUT2D eigenvalue weighted by Gasteiger charge is 2.18. The molecule has 1 unspecified atom stereocenters. The number of rotatable bonds is 5. The molecule has 0 radical (unpaired) electrons. The first-order valence-electron chi connectivity index (χ1n) is 7.09. The Labute approximate surface area is 131 Å². The molecule has 0 aromatic heterocycles. The number of halogens is 3. The highest BCUT2D eigenvalue weighted by molar-refractivity contribution is 5.71. The number of carbonyl (C=O) groups excluding carboxylic acids is 1. The number of hydrogen-bond acceptors (Lipinski definition) is 3. The fraction of sp³-hybridized carbons (Fsp3) is 0.235. The third-order valence-electron chi connectivity index (χ3n) is 3.34. The predicted molar refractivity (Wildman–Crippen MR) is 79.9 cm³/mol. The summed E-state index contributed by atoms with van der Waals surface area (Å²) in [7, 11) is 0. The lowest BCUT2D eigenvalue weighted by molar-refractivity contribution is -0.143. The summed E-state index contributed by atoms with van der Waals surface area (Å²) in [5, 5.41) is 0. The van der Waals surface area contributed by atoms with E-state index >= 15 is 0 Å². The van der Waals surface area contributed by atoms with E-state index in [9.17, 15) is 18.0 Å². The van der Waals surface area contributed by atoms with Crippen LogP contribution in [0.15, 0.2) is 36.4 Å². The largest absolute Gasteiger partial charge is 0.466 e. The van der Waals surface area contributed by atoms with Crippen molar-refractivity contribution in [2.75, 3.05) is 6.61 Å². The fourth-order valence-corrected chi connectivity index (χ4v) is 2.24. The average molecular weight is 323 g/mol. The summed E-state index contributed by atoms with van der Waals surface area (Å²) < 4.78 is 46.5. The minimum atomic E-state index is -0.875. The average Bonchev–Trinajstić information content (AvgIpc) is 2.49. The van der Waals surface area contributed by atoms with E-state index < -0.39 is 35.0 Å². The van der Waals surface area contributed by atoms with Gasteiger partial charge in [-0.2, -0.15) is 0 Å². The first kappa shape index (κ1) is 17.0. The maximum absolute atomic E-state index is 14.0. The molecule has 1 atom stereocenters. The monoisotopic (exact) mass is 323 g/mol. The molecule has 6 heteroatoms. The predicted octanol–water partition coefficient (Wildman–Crippen LogP) is 3.72. The van der Waals surface area contributed by atoms with Crippen molar-refractivity contribution in [1.29, 1.82) is 0 Å². The highest BCUT2D eigenvalue weighted by Crippen LogP contribution is 2.30. The summed E-state index contributed by atoms with van der Waals surface area (Å²) in [5.74, 6) is -3.02. The van der Waals surface area contributed by atoms with Crippen molar-refractivity contribution in [3.8, 4) is 11.1 Å². The van der Waals surface area contributed by atoms with E-state index in [1.807, 2.05) is 0 Å². The van der Waals surface area contributed by atoms with Crippen molar-refractivity contribution in [3.63, 3.8) is 0 Å². The topological polar surface area (TPSA) is 52.3 Å². The number of ether oxygens (including phenoxy) is 1. The van der Waals surface area contributed by atoms with Gasteiger partial charge < -0.3 is 10.5 Å². The summed E-state index contributed by atoms with van der Waals surface area (Å²) in [4.78, 5) is 11.5. The van der Waals surface area contributed by atoms with Crippen LogP contribution in [-0.4, -0.2) is 12.6 Å². The number of hydrogen-bond donors (Lipinski definition) is 1. The minimum absolute atomic E-state index is 0.112. The van der Waals surface area contributed by atoms with Crippen LogP contribution in [-0.2, 0) is 9.53 Å². The van der Waals surface area contributed by atoms with E-state index in [0.717, 1.165) is 18.2 Å². The second-order valence-electron chi connectivity index (χ2n) is 4.95. The first-order chi connectivity index (χ1) is 10.9. The van der Waals surface area contributed by atoms with Crippen molar-refractivity contribution in [3.05, 3.63) is 59.4 Å². The molecule has 23 heavy (non-hydrogen) atoms. The van der Waals surface area contributed by atoms with Crippen LogP contribution in [0.4, 0.5) is 13.2 Å². The van der Waals surface area contributed by atoms with Crippen LogP contribution in [0, 0.1) is 17.5 Å². The molecule has 2 aromatic carbocycles. The second-order valence-corrected chi connectivity index (χ2v) is 4.95. The van der Waals surface area contributed by atoms with E-state index in [2.05, 4.69) is 0 Å². The van der Waals surface area contributed by atoms with Gasteiger partial charge in [-0.05, 0) is 36.8 Å². The summed E-state index contributed by atoms with van der Waals surface area (Å²) in [6.07, 6.45) is -0.112. The zero-order chi connectivity index (χ0) is 17.0. The quantitative estimate of drug-likeness (QED) is 0.853. The third-order valence-corrected chi connectivity index (χ3v) is 3.34. The van der Waals surface area contributed by atoms with Crippen LogP contribution in [0.1, 0.15) is 24.9 Å². The van der Waals surface area contributed by atoms with Gasteiger partial charge in [-0.1, -0.05) is 12.1 Å². The third kappa shape index (κ3) is 3.90. The molecule has 2 aromatic rings. The maximum atomic E-state index is 14.0. The molecular weight excluding hydrogens is 307 g/mol. The van der Waals surface area contributed by atoms with Crippen molar-refractivity contribution < 1.29 is 22.7 Å². The minimum Gasteiger partial charge on any atom is -0.466 e. The number of nitrogens with two attached hydrogens (primary N) is 1. The molecule has 122 valence electrons. The van der Waals surface area contributed by atoms with Crippen LogP contribution < -0.4 is 5.73 Å². The Hall–Kier alpha value is -2.34. The maximum Gasteiger partial charge on any atom is 0.307 e. The normalized spacial score (nSPS) is 12.0. The van der Waals surface area contributed by atoms with Crippen molar-refractivity contribution in [1.82, 2.24) is 0 Å². The number of esters is 1. The van der Waals surface area contributed by atoms with E-state index in [0.29, 0.717) is 5.56 Å². The Morgan fingerprint density at radius 2 is 1.78 bits per heavy atom. The molecule has 2 N–H and O–H groups in total. The summed E-state index contributed by atoms with van der Waals surface area (Å²) in [6.45, 7) is 1.89. The van der Waals surface area contributed by atoms with Gasteiger partial charge in [0.25, 0.3) is 0 Å². The standard InChI is InChI=1S/C17H16F3NO2/c1-2-23-16(22)9-15(21)10-6-7-12(18)11(8-10)17-13(19)4-3-5-14(17)20/h3-8,15H,2,9,21H2,1H3. The summed E-state index contributed by atoms with van der Waals surface area (Å²) in [5.41, 5.74) is 5.57. The van der Waals surface area contributed by atoms with Gasteiger partial charge in [0, 0.05) is 11.6 Å². The van der Waals surface area contributed by atoms with Gasteiger partial charge in [-0.15, -0.1) is 0 Å². The lowest BCUT2D eigenvalue weighted by Gasteiger charge is -2.14. The SMILES string of the molecule is CCOC(=O)CC(N)c1ccc(F)c(-c2c(F)cccc2F)c1. The van der Waals surface area contributed by atoms with Crippen LogP contribution in [0.25, 0.3) is 11.1 Å². The molecule has 0 aliphatic carbocycles. The van der Waals surface area contributed by atoms with Gasteiger partial charge in [0.15, 0.2) is 0 Å². The Bertz CT molecular complexity index is 699. The lowest BCUT2D eigenvalue weighted by atomic mass is 9.97. The van der Waals surface area contributed by atoms with E-state index in [1.165, 1.54) is 18.2 Å². The molecular formula is C17H16F3NO2. The van der Waals surface area contributed by atoms with Crippen molar-refractivity contribution in [2.24, 2.45) is 5.73 Å². The zero-order valence-corrected chi connectivity index (χ0v) is 12.5. The number of benzene rings is 2. The first-order valence-corrected chi connectivity index (χ1v) is 7.09. The molecule has 0 bridgehead atoms. The van der Waals surface area contributed by atoms with Crippen molar-refractivity contribution in [2.45, 2.75) is 19.4 Å². The van der Waals surface area contributed by atoms with E-state index in [1.54, 1.807) is 6.92 Å². The molecule has 0 amide bonds. The molecule has 2 rings (SSSR count). The van der Waals surface area contributed by atoms with Gasteiger partial charge in [-0.25, -0.2) is 13.2 Å². The lowest BCUT2D eigenvalue weighted by Crippen LogP contribution is -2.17. The highest BCUT2D eigenvalue weighted by atomic mass is 19.1. The van der Waals surface area contributed by atoms with Crippen LogP contribution in [0.5, 0.6) is 0 Å². The fourth-order valence-electron chi connectivity index (χ4n) is 2.24. The van der Waals surface area contributed by atoms with Gasteiger partial charge in [0.2, 0.25) is 0 Å². The van der Waals surface area contributed by atoms with Gasteiger partial charge in [0.1, 0.15) is 17.5 Å². The second kappa shape index (κ2) is 7.28. The van der Waals surface area contributed by atoms with E-state index in [4.69, 9.17) is 10.5 Å². The Morgan fingerprint density at radius 1 is 1.13 bits per heavy atom. The van der Waals surface area contributed by atoms with Gasteiger partial charge >= 0.3 is 5.97 Å². The van der Waals surface area contributed by atoms with Gasteiger partial charge in [-0.3, -0.25) is 4.79 Å². The molecule has 0 fully saturated rings. The molecule has 0 aliphatic heterocycles. The van der Waals surface area contributed by atoms with Crippen LogP contribution >= 0.6 is 0 Å². The zero-order valence-electron chi connectivity index (χ0n) is 12.5. The summed E-state index contributed by atoms with van der Waals surface area (Å²) in [6, 6.07) is 6.22. The molecule has 0 saturated carbocycles. The van der Waals surface area contributed by atoms with Crippen LogP contribution in [0.3, 0.4) is 0 Å².